The van der Waals surface area contributed by atoms with Crippen molar-refractivity contribution in [2.24, 2.45) is 0 Å². The maximum Gasteiger partial charge on any atom is 0.358 e. The largest absolute Gasteiger partial charge is 0.464 e. The molecule has 27 heavy (non-hydrogen) atoms. The topological polar surface area (TPSA) is 65.2 Å². The molecule has 2 N–H and O–H groups in total. The van der Waals surface area contributed by atoms with Crippen LogP contribution in [0.25, 0.3) is 21.6 Å². The molecule has 138 valence electrons. The smallest absolute Gasteiger partial charge is 0.358 e. The van der Waals surface area contributed by atoms with Crippen molar-refractivity contribution in [2.75, 3.05) is 12.8 Å². The SMILES string of the molecule is C=CC(F)(F)c1ccc(-c2ccccc2-c2sc(N)nc2C(=O)OC)cc1. The number of hydrogen-bond acceptors (Lipinski definition) is 5. The molecule has 0 unspecified atom stereocenters. The van der Waals surface area contributed by atoms with E-state index < -0.39 is 11.9 Å². The van der Waals surface area contributed by atoms with Gasteiger partial charge in [0.1, 0.15) is 0 Å². The van der Waals surface area contributed by atoms with Crippen molar-refractivity contribution in [1.82, 2.24) is 4.98 Å². The van der Waals surface area contributed by atoms with Gasteiger partial charge in [-0.2, -0.15) is 8.78 Å². The molecular formula is C20H16F2N2O2S. The number of aromatic nitrogens is 1. The summed E-state index contributed by atoms with van der Waals surface area (Å²) in [4.78, 5) is 16.7. The third kappa shape index (κ3) is 3.59. The van der Waals surface area contributed by atoms with Gasteiger partial charge in [-0.1, -0.05) is 66.4 Å². The van der Waals surface area contributed by atoms with Crippen molar-refractivity contribution in [3.05, 3.63) is 72.4 Å². The fraction of sp³-hybridized carbons (Fsp3) is 0.100. The minimum atomic E-state index is -3.10. The van der Waals surface area contributed by atoms with Crippen molar-refractivity contribution in [3.63, 3.8) is 0 Å². The predicted octanol–water partition coefficient (Wildman–Crippen LogP) is 5.12. The molecule has 0 radical (unpaired) electrons. The maximum absolute atomic E-state index is 13.8. The zero-order chi connectivity index (χ0) is 19.6. The first kappa shape index (κ1) is 18.7. The highest BCUT2D eigenvalue weighted by atomic mass is 32.1. The number of thiazole rings is 1. The van der Waals surface area contributed by atoms with Crippen molar-refractivity contribution in [3.8, 4) is 21.6 Å². The van der Waals surface area contributed by atoms with E-state index in [-0.39, 0.29) is 16.4 Å². The molecule has 0 spiro atoms. The van der Waals surface area contributed by atoms with Crippen LogP contribution < -0.4 is 5.73 Å². The van der Waals surface area contributed by atoms with E-state index >= 15 is 0 Å². The summed E-state index contributed by atoms with van der Waals surface area (Å²) < 4.78 is 32.3. The molecule has 2 aromatic carbocycles. The quantitative estimate of drug-likeness (QED) is 0.488. The Hall–Kier alpha value is -3.06. The number of benzene rings is 2. The number of carbonyl (C=O) groups excluding carboxylic acids is 1. The van der Waals surface area contributed by atoms with E-state index in [1.807, 2.05) is 24.3 Å². The van der Waals surface area contributed by atoms with Gasteiger partial charge in [0.2, 0.25) is 0 Å². The van der Waals surface area contributed by atoms with Crippen LogP contribution in [0.5, 0.6) is 0 Å². The summed E-state index contributed by atoms with van der Waals surface area (Å²) in [5.41, 5.74) is 7.97. The first-order valence-electron chi connectivity index (χ1n) is 7.93. The van der Waals surface area contributed by atoms with Crippen LogP contribution in [0.2, 0.25) is 0 Å². The predicted molar refractivity (Wildman–Crippen MR) is 103 cm³/mol. The molecule has 0 amide bonds. The molecule has 0 fully saturated rings. The van der Waals surface area contributed by atoms with Gasteiger partial charge >= 0.3 is 5.97 Å². The number of rotatable bonds is 5. The van der Waals surface area contributed by atoms with Gasteiger partial charge in [0.25, 0.3) is 5.92 Å². The van der Waals surface area contributed by atoms with E-state index in [2.05, 4.69) is 11.6 Å². The van der Waals surface area contributed by atoms with Gasteiger partial charge in [-0.3, -0.25) is 0 Å². The summed E-state index contributed by atoms with van der Waals surface area (Å²) in [6.07, 6.45) is 0.610. The lowest BCUT2D eigenvalue weighted by Gasteiger charge is -2.13. The molecule has 0 aliphatic rings. The van der Waals surface area contributed by atoms with E-state index in [1.54, 1.807) is 12.1 Å². The number of anilines is 1. The molecule has 0 atom stereocenters. The summed E-state index contributed by atoms with van der Waals surface area (Å²) >= 11 is 1.16. The second-order valence-corrected chi connectivity index (χ2v) is 6.70. The fourth-order valence-electron chi connectivity index (χ4n) is 2.68. The Labute approximate surface area is 158 Å². The number of methoxy groups -OCH3 is 1. The van der Waals surface area contributed by atoms with Crippen LogP contribution >= 0.6 is 11.3 Å². The van der Waals surface area contributed by atoms with Gasteiger partial charge in [-0.15, -0.1) is 0 Å². The first-order chi connectivity index (χ1) is 12.9. The molecule has 0 aliphatic carbocycles. The van der Waals surface area contributed by atoms with Gasteiger partial charge in [0.15, 0.2) is 10.8 Å². The zero-order valence-corrected chi connectivity index (χ0v) is 15.2. The number of halogens is 2. The lowest BCUT2D eigenvalue weighted by atomic mass is 9.96. The Kier molecular flexibility index (Phi) is 5.05. The van der Waals surface area contributed by atoms with Crippen LogP contribution in [0.1, 0.15) is 16.1 Å². The number of allylic oxidation sites excluding steroid dienone is 1. The number of esters is 1. The molecule has 7 heteroatoms. The molecule has 3 aromatic rings. The highest BCUT2D eigenvalue weighted by Crippen LogP contribution is 2.39. The maximum atomic E-state index is 13.8. The number of nitrogens with two attached hydrogens (primary N) is 1. The third-order valence-corrected chi connectivity index (χ3v) is 4.95. The average Bonchev–Trinajstić information content (AvgIpc) is 3.09. The molecule has 1 aromatic heterocycles. The van der Waals surface area contributed by atoms with Gasteiger partial charge in [0.05, 0.1) is 12.0 Å². The lowest BCUT2D eigenvalue weighted by molar-refractivity contribution is 0.0525. The molecule has 4 nitrogen and oxygen atoms in total. The van der Waals surface area contributed by atoms with Crippen LogP contribution in [0.4, 0.5) is 13.9 Å². The van der Waals surface area contributed by atoms with Gasteiger partial charge < -0.3 is 10.5 Å². The average molecular weight is 386 g/mol. The summed E-state index contributed by atoms with van der Waals surface area (Å²) in [6.45, 7) is 3.17. The van der Waals surface area contributed by atoms with Crippen LogP contribution in [-0.4, -0.2) is 18.1 Å². The number of ether oxygens (including phenoxy) is 1. The van der Waals surface area contributed by atoms with E-state index in [1.165, 1.54) is 19.2 Å². The molecular weight excluding hydrogens is 370 g/mol. The van der Waals surface area contributed by atoms with E-state index in [9.17, 15) is 13.6 Å². The van der Waals surface area contributed by atoms with Crippen LogP contribution in [-0.2, 0) is 10.7 Å². The zero-order valence-electron chi connectivity index (χ0n) is 14.4. The van der Waals surface area contributed by atoms with Gasteiger partial charge in [0, 0.05) is 11.1 Å². The Morgan fingerprint density at radius 1 is 1.19 bits per heavy atom. The monoisotopic (exact) mass is 386 g/mol. The Morgan fingerprint density at radius 2 is 1.81 bits per heavy atom. The number of alkyl halides is 2. The van der Waals surface area contributed by atoms with E-state index in [0.29, 0.717) is 11.0 Å². The minimum Gasteiger partial charge on any atom is -0.464 e. The number of hydrogen-bond donors (Lipinski definition) is 1. The summed E-state index contributed by atoms with van der Waals surface area (Å²) in [7, 11) is 1.27. The summed E-state index contributed by atoms with van der Waals surface area (Å²) in [5.74, 6) is -3.68. The lowest BCUT2D eigenvalue weighted by Crippen LogP contribution is -2.08. The van der Waals surface area contributed by atoms with E-state index in [0.717, 1.165) is 28.0 Å². The normalized spacial score (nSPS) is 11.2. The molecule has 0 saturated heterocycles. The second kappa shape index (κ2) is 7.28. The Bertz CT molecular complexity index is 997. The number of nitrogens with zero attached hydrogens (tertiary/aromatic N) is 1. The third-order valence-electron chi connectivity index (χ3n) is 4.03. The minimum absolute atomic E-state index is 0.127. The molecule has 1 heterocycles. The second-order valence-electron chi connectivity index (χ2n) is 5.67. The van der Waals surface area contributed by atoms with Crippen molar-refractivity contribution in [1.29, 1.82) is 0 Å². The first-order valence-corrected chi connectivity index (χ1v) is 8.75. The van der Waals surface area contributed by atoms with Crippen molar-refractivity contribution >= 4 is 22.4 Å². The fourth-order valence-corrected chi connectivity index (χ4v) is 3.54. The van der Waals surface area contributed by atoms with Gasteiger partial charge in [-0.05, 0) is 17.2 Å². The number of carbonyl (C=O) groups is 1. The molecule has 0 saturated carbocycles. The Balaban J connectivity index is 2.11. The van der Waals surface area contributed by atoms with Crippen molar-refractivity contribution < 1.29 is 18.3 Å². The highest BCUT2D eigenvalue weighted by molar-refractivity contribution is 7.19. The van der Waals surface area contributed by atoms with Gasteiger partial charge in [-0.25, -0.2) is 9.78 Å². The summed E-state index contributed by atoms with van der Waals surface area (Å²) in [6, 6.07) is 13.2. The molecule has 3 rings (SSSR count). The van der Waals surface area contributed by atoms with Crippen LogP contribution in [0, 0.1) is 0 Å². The van der Waals surface area contributed by atoms with Crippen LogP contribution in [0.15, 0.2) is 61.2 Å². The standard InChI is InChI=1S/C20H16F2N2O2S/c1-3-20(21,22)13-10-8-12(9-11-13)14-6-4-5-7-15(14)17-16(18(25)26-2)24-19(23)27-17/h3-11H,1H2,2H3,(H2,23,24). The van der Waals surface area contributed by atoms with Crippen LogP contribution in [0.3, 0.4) is 0 Å². The number of nitrogen functional groups attached to an aromatic ring is 1. The highest BCUT2D eigenvalue weighted by Gasteiger charge is 2.27. The molecule has 0 aliphatic heterocycles. The molecule has 0 bridgehead atoms. The van der Waals surface area contributed by atoms with Crippen molar-refractivity contribution in [2.45, 2.75) is 5.92 Å². The van der Waals surface area contributed by atoms with E-state index in [4.69, 9.17) is 10.5 Å². The Morgan fingerprint density at radius 3 is 2.41 bits per heavy atom. The summed E-state index contributed by atoms with van der Waals surface area (Å²) in [5, 5.41) is 0.237.